The SMILES string of the molecule is CNC(=O)c1cccc(NCCN2CCCC(C)C2)n1. The summed E-state index contributed by atoms with van der Waals surface area (Å²) in [4.78, 5) is 18.3. The fourth-order valence-electron chi connectivity index (χ4n) is 2.62. The first kappa shape index (κ1) is 14.8. The van der Waals surface area contributed by atoms with Crippen molar-refractivity contribution in [3.05, 3.63) is 23.9 Å². The van der Waals surface area contributed by atoms with Crippen molar-refractivity contribution in [2.75, 3.05) is 38.5 Å². The van der Waals surface area contributed by atoms with Crippen LogP contribution in [0.4, 0.5) is 5.82 Å². The van der Waals surface area contributed by atoms with Crippen molar-refractivity contribution in [1.82, 2.24) is 15.2 Å². The van der Waals surface area contributed by atoms with Gasteiger partial charge in [0.1, 0.15) is 11.5 Å². The number of rotatable bonds is 5. The number of likely N-dealkylation sites (tertiary alicyclic amines) is 1. The van der Waals surface area contributed by atoms with E-state index in [2.05, 4.69) is 27.4 Å². The molecule has 2 heterocycles. The van der Waals surface area contributed by atoms with Crippen LogP contribution in [0.25, 0.3) is 0 Å². The number of anilines is 1. The van der Waals surface area contributed by atoms with Gasteiger partial charge in [-0.2, -0.15) is 0 Å². The minimum absolute atomic E-state index is 0.154. The van der Waals surface area contributed by atoms with Crippen LogP contribution in [0.5, 0.6) is 0 Å². The molecule has 2 rings (SSSR count). The monoisotopic (exact) mass is 276 g/mol. The van der Waals surface area contributed by atoms with E-state index in [1.807, 2.05) is 12.1 Å². The Labute approximate surface area is 120 Å². The summed E-state index contributed by atoms with van der Waals surface area (Å²) >= 11 is 0. The van der Waals surface area contributed by atoms with Gasteiger partial charge in [0, 0.05) is 26.7 Å². The standard InChI is InChI=1S/C15H24N4O/c1-12-5-4-9-19(11-12)10-8-17-14-7-3-6-13(18-14)15(20)16-2/h3,6-7,12H,4-5,8-11H2,1-2H3,(H,16,20)(H,17,18). The molecule has 1 aliphatic rings. The lowest BCUT2D eigenvalue weighted by atomic mass is 10.0. The number of amides is 1. The van der Waals surface area contributed by atoms with Crippen LogP contribution in [0.3, 0.4) is 0 Å². The van der Waals surface area contributed by atoms with Gasteiger partial charge in [-0.05, 0) is 37.4 Å². The topological polar surface area (TPSA) is 57.3 Å². The van der Waals surface area contributed by atoms with E-state index in [0.717, 1.165) is 24.8 Å². The Hall–Kier alpha value is -1.62. The number of hydrogen-bond donors (Lipinski definition) is 2. The van der Waals surface area contributed by atoms with E-state index >= 15 is 0 Å². The van der Waals surface area contributed by atoms with Crippen LogP contribution < -0.4 is 10.6 Å². The van der Waals surface area contributed by atoms with Crippen LogP contribution in [0.15, 0.2) is 18.2 Å². The Balaban J connectivity index is 1.80. The molecule has 2 N–H and O–H groups in total. The van der Waals surface area contributed by atoms with E-state index in [4.69, 9.17) is 0 Å². The minimum Gasteiger partial charge on any atom is -0.369 e. The van der Waals surface area contributed by atoms with Gasteiger partial charge < -0.3 is 15.5 Å². The molecular weight excluding hydrogens is 252 g/mol. The predicted octanol–water partition coefficient (Wildman–Crippen LogP) is 1.58. The average molecular weight is 276 g/mol. The maximum absolute atomic E-state index is 11.5. The largest absolute Gasteiger partial charge is 0.369 e. The van der Waals surface area contributed by atoms with E-state index in [9.17, 15) is 4.79 Å². The molecule has 1 unspecified atom stereocenters. The highest BCUT2D eigenvalue weighted by molar-refractivity contribution is 5.92. The second-order valence-corrected chi connectivity index (χ2v) is 5.46. The quantitative estimate of drug-likeness (QED) is 0.857. The third-order valence-electron chi connectivity index (χ3n) is 3.68. The lowest BCUT2D eigenvalue weighted by Crippen LogP contribution is -2.37. The zero-order valence-corrected chi connectivity index (χ0v) is 12.4. The number of piperidine rings is 1. The minimum atomic E-state index is -0.154. The second kappa shape index (κ2) is 7.24. The van der Waals surface area contributed by atoms with Crippen molar-refractivity contribution in [2.24, 2.45) is 5.92 Å². The van der Waals surface area contributed by atoms with Crippen molar-refractivity contribution >= 4 is 11.7 Å². The highest BCUT2D eigenvalue weighted by Gasteiger charge is 2.15. The molecule has 5 heteroatoms. The normalized spacial score (nSPS) is 19.6. The molecule has 1 aromatic rings. The van der Waals surface area contributed by atoms with Crippen molar-refractivity contribution in [3.63, 3.8) is 0 Å². The van der Waals surface area contributed by atoms with Gasteiger partial charge in [-0.15, -0.1) is 0 Å². The summed E-state index contributed by atoms with van der Waals surface area (Å²) in [5.74, 6) is 1.41. The molecule has 5 nitrogen and oxygen atoms in total. The fourth-order valence-corrected chi connectivity index (χ4v) is 2.62. The zero-order chi connectivity index (χ0) is 14.4. The van der Waals surface area contributed by atoms with E-state index in [1.165, 1.54) is 25.9 Å². The Bertz CT molecular complexity index is 449. The Morgan fingerprint density at radius 1 is 1.50 bits per heavy atom. The molecule has 0 saturated carbocycles. The molecule has 1 aliphatic heterocycles. The maximum Gasteiger partial charge on any atom is 0.269 e. The highest BCUT2D eigenvalue weighted by Crippen LogP contribution is 2.14. The van der Waals surface area contributed by atoms with Crippen molar-refractivity contribution < 1.29 is 4.79 Å². The van der Waals surface area contributed by atoms with Crippen LogP contribution in [-0.2, 0) is 0 Å². The molecule has 1 amide bonds. The summed E-state index contributed by atoms with van der Waals surface area (Å²) in [6.45, 7) is 6.58. The van der Waals surface area contributed by atoms with Gasteiger partial charge in [0.15, 0.2) is 0 Å². The van der Waals surface area contributed by atoms with Gasteiger partial charge >= 0.3 is 0 Å². The summed E-state index contributed by atoms with van der Waals surface area (Å²) < 4.78 is 0. The third-order valence-corrected chi connectivity index (χ3v) is 3.68. The van der Waals surface area contributed by atoms with Crippen molar-refractivity contribution in [1.29, 1.82) is 0 Å². The van der Waals surface area contributed by atoms with Gasteiger partial charge in [-0.3, -0.25) is 4.79 Å². The number of nitrogens with zero attached hydrogens (tertiary/aromatic N) is 2. The van der Waals surface area contributed by atoms with Crippen LogP contribution in [-0.4, -0.2) is 49.0 Å². The van der Waals surface area contributed by atoms with Crippen molar-refractivity contribution in [3.8, 4) is 0 Å². The number of pyridine rings is 1. The van der Waals surface area contributed by atoms with Gasteiger partial charge in [-0.25, -0.2) is 4.98 Å². The maximum atomic E-state index is 11.5. The fraction of sp³-hybridized carbons (Fsp3) is 0.600. The summed E-state index contributed by atoms with van der Waals surface area (Å²) in [6, 6.07) is 5.46. The van der Waals surface area contributed by atoms with Crippen LogP contribution in [0.1, 0.15) is 30.3 Å². The Morgan fingerprint density at radius 3 is 3.10 bits per heavy atom. The first-order chi connectivity index (χ1) is 9.69. The molecule has 1 aromatic heterocycles. The third kappa shape index (κ3) is 4.20. The summed E-state index contributed by atoms with van der Waals surface area (Å²) in [6.07, 6.45) is 2.64. The summed E-state index contributed by atoms with van der Waals surface area (Å²) in [5.41, 5.74) is 0.448. The molecule has 0 spiro atoms. The number of aromatic nitrogens is 1. The lowest BCUT2D eigenvalue weighted by Gasteiger charge is -2.30. The molecule has 0 aromatic carbocycles. The predicted molar refractivity (Wildman–Crippen MR) is 81.0 cm³/mol. The van der Waals surface area contributed by atoms with Crippen LogP contribution in [0.2, 0.25) is 0 Å². The smallest absolute Gasteiger partial charge is 0.269 e. The number of carbonyl (C=O) groups is 1. The first-order valence-corrected chi connectivity index (χ1v) is 7.34. The number of nitrogens with one attached hydrogen (secondary N) is 2. The summed E-state index contributed by atoms with van der Waals surface area (Å²) in [5, 5.41) is 5.88. The van der Waals surface area contributed by atoms with E-state index in [-0.39, 0.29) is 5.91 Å². The van der Waals surface area contributed by atoms with E-state index < -0.39 is 0 Å². The molecule has 0 radical (unpaired) electrons. The molecule has 110 valence electrons. The molecule has 0 bridgehead atoms. The molecule has 1 saturated heterocycles. The Kier molecular flexibility index (Phi) is 5.35. The summed E-state index contributed by atoms with van der Waals surface area (Å²) in [7, 11) is 1.61. The van der Waals surface area contributed by atoms with Gasteiger partial charge in [0.25, 0.3) is 5.91 Å². The second-order valence-electron chi connectivity index (χ2n) is 5.46. The van der Waals surface area contributed by atoms with E-state index in [1.54, 1.807) is 13.1 Å². The van der Waals surface area contributed by atoms with Crippen LogP contribution in [0, 0.1) is 5.92 Å². The zero-order valence-electron chi connectivity index (χ0n) is 12.4. The highest BCUT2D eigenvalue weighted by atomic mass is 16.1. The van der Waals surface area contributed by atoms with Crippen molar-refractivity contribution in [2.45, 2.75) is 19.8 Å². The average Bonchev–Trinajstić information content (AvgIpc) is 2.47. The first-order valence-electron chi connectivity index (χ1n) is 7.34. The molecule has 0 aliphatic carbocycles. The molecule has 1 atom stereocenters. The van der Waals surface area contributed by atoms with E-state index in [0.29, 0.717) is 5.69 Å². The van der Waals surface area contributed by atoms with Crippen LogP contribution >= 0.6 is 0 Å². The number of hydrogen-bond acceptors (Lipinski definition) is 4. The van der Waals surface area contributed by atoms with Gasteiger partial charge in [-0.1, -0.05) is 13.0 Å². The van der Waals surface area contributed by atoms with Gasteiger partial charge in [0.2, 0.25) is 0 Å². The molecule has 20 heavy (non-hydrogen) atoms. The molecular formula is C15H24N4O. The molecule has 1 fully saturated rings. The lowest BCUT2D eigenvalue weighted by molar-refractivity contribution is 0.0958. The van der Waals surface area contributed by atoms with Gasteiger partial charge in [0.05, 0.1) is 0 Å². The Morgan fingerprint density at radius 2 is 2.35 bits per heavy atom. The number of carbonyl (C=O) groups excluding carboxylic acids is 1.